The lowest BCUT2D eigenvalue weighted by atomic mass is 9.98. The van der Waals surface area contributed by atoms with Gasteiger partial charge < -0.3 is 4.90 Å². The highest BCUT2D eigenvalue weighted by Gasteiger charge is 2.26. The van der Waals surface area contributed by atoms with Crippen molar-refractivity contribution in [2.75, 3.05) is 31.1 Å². The summed E-state index contributed by atoms with van der Waals surface area (Å²) in [5.41, 5.74) is 2.07. The van der Waals surface area contributed by atoms with E-state index in [-0.39, 0.29) is 5.91 Å². The number of fused-ring (bicyclic) bond motifs is 1. The molecule has 140 valence electrons. The van der Waals surface area contributed by atoms with Crippen molar-refractivity contribution in [1.82, 2.24) is 9.88 Å². The number of thiazole rings is 1. The van der Waals surface area contributed by atoms with E-state index in [1.54, 1.807) is 11.3 Å². The van der Waals surface area contributed by atoms with Crippen LogP contribution in [-0.2, 0) is 4.79 Å². The number of para-hydroxylation sites is 2. The molecule has 1 saturated heterocycles. The van der Waals surface area contributed by atoms with Crippen LogP contribution < -0.4 is 4.90 Å². The largest absolute Gasteiger partial charge is 0.312 e. The van der Waals surface area contributed by atoms with Gasteiger partial charge in [-0.25, -0.2) is 4.98 Å². The first kappa shape index (κ1) is 18.1. The van der Waals surface area contributed by atoms with Crippen molar-refractivity contribution in [3.8, 4) is 0 Å². The summed E-state index contributed by atoms with van der Waals surface area (Å²) in [4.78, 5) is 21.9. The molecule has 0 spiro atoms. The molecular formula is C22H25N3OS. The van der Waals surface area contributed by atoms with Crippen LogP contribution in [0.3, 0.4) is 0 Å². The lowest BCUT2D eigenvalue weighted by Gasteiger charge is -2.33. The van der Waals surface area contributed by atoms with Gasteiger partial charge in [0.25, 0.3) is 0 Å². The smallest absolute Gasteiger partial charge is 0.241 e. The molecule has 2 heterocycles. The fourth-order valence-corrected chi connectivity index (χ4v) is 4.95. The summed E-state index contributed by atoms with van der Waals surface area (Å²) in [7, 11) is 0. The molecule has 3 aromatic rings. The highest BCUT2D eigenvalue weighted by molar-refractivity contribution is 7.18. The summed E-state index contributed by atoms with van der Waals surface area (Å²) in [6.45, 7) is 5.10. The Balaban J connectivity index is 1.44. The lowest BCUT2D eigenvalue weighted by molar-refractivity contribution is -0.120. The minimum atomic E-state index is 0.175. The molecule has 0 bridgehead atoms. The van der Waals surface area contributed by atoms with Crippen molar-refractivity contribution < 1.29 is 4.79 Å². The molecule has 5 heteroatoms. The summed E-state index contributed by atoms with van der Waals surface area (Å²) in [5.74, 6) is 0.601. The zero-order valence-electron chi connectivity index (χ0n) is 15.7. The Labute approximate surface area is 164 Å². The second-order valence-electron chi connectivity index (χ2n) is 7.07. The molecular weight excluding hydrogens is 354 g/mol. The molecule has 1 amide bonds. The van der Waals surface area contributed by atoms with E-state index in [1.165, 1.54) is 9.71 Å². The predicted octanol–water partition coefficient (Wildman–Crippen LogP) is 4.53. The molecule has 1 aliphatic rings. The fraction of sp³-hybridized carbons (Fsp3) is 0.364. The van der Waals surface area contributed by atoms with Crippen LogP contribution in [0, 0.1) is 0 Å². The van der Waals surface area contributed by atoms with E-state index >= 15 is 0 Å². The van der Waals surface area contributed by atoms with Crippen LogP contribution >= 0.6 is 11.3 Å². The molecule has 0 radical (unpaired) electrons. The van der Waals surface area contributed by atoms with Gasteiger partial charge in [-0.15, -0.1) is 11.3 Å². The molecule has 4 nitrogen and oxygen atoms in total. The molecule has 1 atom stereocenters. The van der Waals surface area contributed by atoms with Crippen LogP contribution in [0.5, 0.6) is 0 Å². The van der Waals surface area contributed by atoms with Gasteiger partial charge >= 0.3 is 0 Å². The van der Waals surface area contributed by atoms with Crippen LogP contribution in [0.4, 0.5) is 5.69 Å². The number of likely N-dealkylation sites (tertiary alicyclic amines) is 1. The Kier molecular flexibility index (Phi) is 5.50. The molecule has 2 aromatic carbocycles. The monoisotopic (exact) mass is 379 g/mol. The average Bonchev–Trinajstić information content (AvgIpc) is 3.14. The molecule has 0 saturated carbocycles. The maximum atomic E-state index is 12.9. The fourth-order valence-electron chi connectivity index (χ4n) is 3.85. The molecule has 1 aromatic heterocycles. The number of benzene rings is 2. The third-order valence-electron chi connectivity index (χ3n) is 5.21. The Hall–Kier alpha value is -2.24. The number of rotatable bonds is 5. The second-order valence-corrected chi connectivity index (χ2v) is 8.13. The normalized spacial score (nSPS) is 17.9. The van der Waals surface area contributed by atoms with Crippen molar-refractivity contribution in [2.24, 2.45) is 0 Å². The van der Waals surface area contributed by atoms with Gasteiger partial charge in [0.1, 0.15) is 0 Å². The van der Waals surface area contributed by atoms with E-state index in [0.29, 0.717) is 19.0 Å². The number of nitrogens with zero attached hydrogens (tertiary/aromatic N) is 3. The van der Waals surface area contributed by atoms with Gasteiger partial charge in [0.2, 0.25) is 5.91 Å². The highest BCUT2D eigenvalue weighted by atomic mass is 32.1. The van der Waals surface area contributed by atoms with Gasteiger partial charge in [0, 0.05) is 24.7 Å². The zero-order valence-corrected chi connectivity index (χ0v) is 16.5. The Bertz CT molecular complexity index is 875. The minimum Gasteiger partial charge on any atom is -0.312 e. The van der Waals surface area contributed by atoms with Crippen LogP contribution in [0.1, 0.15) is 30.7 Å². The van der Waals surface area contributed by atoms with Gasteiger partial charge in [-0.1, -0.05) is 30.3 Å². The molecule has 0 N–H and O–H groups in total. The zero-order chi connectivity index (χ0) is 18.6. The number of likely N-dealkylation sites (N-methyl/N-ethyl adjacent to an activating group) is 1. The molecule has 1 aliphatic heterocycles. The molecule has 1 fully saturated rings. The van der Waals surface area contributed by atoms with E-state index in [2.05, 4.69) is 23.1 Å². The van der Waals surface area contributed by atoms with Gasteiger partial charge in [-0.05, 0) is 50.6 Å². The average molecular weight is 380 g/mol. The molecule has 0 aliphatic carbocycles. The Morgan fingerprint density at radius 2 is 1.96 bits per heavy atom. The van der Waals surface area contributed by atoms with Crippen LogP contribution in [-0.4, -0.2) is 42.0 Å². The van der Waals surface area contributed by atoms with Crippen molar-refractivity contribution in [1.29, 1.82) is 0 Å². The van der Waals surface area contributed by atoms with Crippen molar-refractivity contribution in [2.45, 2.75) is 25.7 Å². The standard InChI is InChI=1S/C22H25N3OS/c1-2-25(18-10-4-3-5-11-18)21(26)16-24-14-8-9-17(15-24)22-23-19-12-6-7-13-20(19)27-22/h3-7,10-13,17H,2,8-9,14-16H2,1H3/t17-/m1/s1. The topological polar surface area (TPSA) is 36.4 Å². The Morgan fingerprint density at radius 3 is 2.74 bits per heavy atom. The summed E-state index contributed by atoms with van der Waals surface area (Å²) in [6.07, 6.45) is 2.27. The van der Waals surface area contributed by atoms with E-state index in [4.69, 9.17) is 4.98 Å². The summed E-state index contributed by atoms with van der Waals surface area (Å²) >= 11 is 1.80. The van der Waals surface area contributed by atoms with E-state index in [9.17, 15) is 4.79 Å². The van der Waals surface area contributed by atoms with Crippen molar-refractivity contribution >= 4 is 33.1 Å². The second kappa shape index (κ2) is 8.19. The summed E-state index contributed by atoms with van der Waals surface area (Å²) < 4.78 is 1.25. The first-order valence-electron chi connectivity index (χ1n) is 9.68. The highest BCUT2D eigenvalue weighted by Crippen LogP contribution is 2.33. The Morgan fingerprint density at radius 1 is 1.19 bits per heavy atom. The number of carbonyl (C=O) groups excluding carboxylic acids is 1. The number of carbonyl (C=O) groups is 1. The van der Waals surface area contributed by atoms with Crippen molar-refractivity contribution in [3.05, 3.63) is 59.6 Å². The van der Waals surface area contributed by atoms with Crippen LogP contribution in [0.2, 0.25) is 0 Å². The van der Waals surface area contributed by atoms with E-state index in [0.717, 1.165) is 37.1 Å². The van der Waals surface area contributed by atoms with Gasteiger partial charge in [-0.3, -0.25) is 9.69 Å². The van der Waals surface area contributed by atoms with Gasteiger partial charge in [0.15, 0.2) is 0 Å². The minimum absolute atomic E-state index is 0.175. The first-order chi connectivity index (χ1) is 13.2. The number of hydrogen-bond acceptors (Lipinski definition) is 4. The SMILES string of the molecule is CCN(C(=O)CN1CCC[C@@H](c2nc3ccccc3s2)C1)c1ccccc1. The van der Waals surface area contributed by atoms with Crippen LogP contribution in [0.25, 0.3) is 10.2 Å². The summed E-state index contributed by atoms with van der Waals surface area (Å²) in [6, 6.07) is 18.3. The van der Waals surface area contributed by atoms with Gasteiger partial charge in [0.05, 0.1) is 21.8 Å². The summed E-state index contributed by atoms with van der Waals surface area (Å²) in [5, 5.41) is 1.21. The lowest BCUT2D eigenvalue weighted by Crippen LogP contribution is -2.44. The van der Waals surface area contributed by atoms with E-state index in [1.807, 2.05) is 48.2 Å². The predicted molar refractivity (Wildman–Crippen MR) is 113 cm³/mol. The number of aromatic nitrogens is 1. The maximum absolute atomic E-state index is 12.9. The third kappa shape index (κ3) is 4.04. The number of amides is 1. The quantitative estimate of drug-likeness (QED) is 0.653. The van der Waals surface area contributed by atoms with Crippen molar-refractivity contribution in [3.63, 3.8) is 0 Å². The first-order valence-corrected chi connectivity index (χ1v) is 10.5. The molecule has 4 rings (SSSR count). The number of hydrogen-bond donors (Lipinski definition) is 0. The van der Waals surface area contributed by atoms with E-state index < -0.39 is 0 Å². The molecule has 27 heavy (non-hydrogen) atoms. The number of piperidine rings is 1. The van der Waals surface area contributed by atoms with Crippen LogP contribution in [0.15, 0.2) is 54.6 Å². The number of anilines is 1. The molecule has 0 unspecified atom stereocenters. The third-order valence-corrected chi connectivity index (χ3v) is 6.41. The maximum Gasteiger partial charge on any atom is 0.241 e. The van der Waals surface area contributed by atoms with Gasteiger partial charge in [-0.2, -0.15) is 0 Å².